The molecule has 0 radical (unpaired) electrons. The number of hydrogen-bond donors (Lipinski definition) is 0. The molecule has 1 fully saturated rings. The molecule has 0 aromatic heterocycles. The number of ether oxygens (including phenoxy) is 1. The average molecular weight is 513 g/mol. The number of halogens is 4. The lowest BCUT2D eigenvalue weighted by molar-refractivity contribution is -0.170. The molecule has 0 bridgehead atoms. The Morgan fingerprint density at radius 3 is 2.43 bits per heavy atom. The van der Waals surface area contributed by atoms with E-state index in [0.717, 1.165) is 32.1 Å². The lowest BCUT2D eigenvalue weighted by Crippen LogP contribution is -2.41. The number of amides is 1. The minimum absolute atomic E-state index is 0.112. The van der Waals surface area contributed by atoms with E-state index in [1.165, 1.54) is 22.5 Å². The van der Waals surface area contributed by atoms with Gasteiger partial charge in [0.2, 0.25) is 10.0 Å². The number of rotatable bonds is 7. The molecule has 1 aliphatic rings. The van der Waals surface area contributed by atoms with E-state index in [0.29, 0.717) is 23.6 Å². The zero-order valence-corrected chi connectivity index (χ0v) is 18.4. The van der Waals surface area contributed by atoms with Gasteiger partial charge in [-0.05, 0) is 46.5 Å². The topological polar surface area (TPSA) is 84.0 Å². The van der Waals surface area contributed by atoms with E-state index in [9.17, 15) is 31.2 Å². The summed E-state index contributed by atoms with van der Waals surface area (Å²) in [5.41, 5.74) is 0.246. The Labute approximate surface area is 180 Å². The number of nitrogens with zero attached hydrogens (tertiary/aromatic N) is 2. The monoisotopic (exact) mass is 512 g/mol. The molecule has 1 aliphatic heterocycles. The summed E-state index contributed by atoms with van der Waals surface area (Å²) in [5.74, 6) is -3.22. The van der Waals surface area contributed by atoms with E-state index in [4.69, 9.17) is 0 Å². The van der Waals surface area contributed by atoms with Crippen molar-refractivity contribution in [3.63, 3.8) is 0 Å². The highest BCUT2D eigenvalue weighted by molar-refractivity contribution is 9.10. The smallest absolute Gasteiger partial charge is 0.466 e. The van der Waals surface area contributed by atoms with Gasteiger partial charge in [0.25, 0.3) is 0 Å². The Morgan fingerprint density at radius 2 is 1.90 bits per heavy atom. The molecule has 7 nitrogen and oxygen atoms in total. The van der Waals surface area contributed by atoms with Gasteiger partial charge in [-0.15, -0.1) is 0 Å². The minimum Gasteiger partial charge on any atom is -0.466 e. The van der Waals surface area contributed by atoms with Crippen LogP contribution in [0.25, 0.3) is 0 Å². The second-order valence-corrected chi connectivity index (χ2v) is 9.31. The van der Waals surface area contributed by atoms with Crippen LogP contribution in [0.3, 0.4) is 0 Å². The molecule has 1 saturated heterocycles. The third-order valence-corrected chi connectivity index (χ3v) is 6.83. The van der Waals surface area contributed by atoms with Crippen LogP contribution in [0.2, 0.25) is 0 Å². The first-order chi connectivity index (χ1) is 14.0. The van der Waals surface area contributed by atoms with Crippen molar-refractivity contribution in [3.8, 4) is 0 Å². The molecule has 1 aromatic carbocycles. The van der Waals surface area contributed by atoms with E-state index >= 15 is 0 Å². The maximum atomic E-state index is 13.0. The Balaban J connectivity index is 2.29. The lowest BCUT2D eigenvalue weighted by Gasteiger charge is -2.24. The highest BCUT2D eigenvalue weighted by Gasteiger charge is 2.43. The summed E-state index contributed by atoms with van der Waals surface area (Å²) in [7, 11) is -2.43. The SMILES string of the molecule is COC(=O)/C=C/CN(C(=O)C(F)(F)F)c1ccc(CS(=O)(=O)N2CCCC2)cc1Br. The van der Waals surface area contributed by atoms with Crippen molar-refractivity contribution in [1.82, 2.24) is 4.31 Å². The number of carbonyl (C=O) groups excluding carboxylic acids is 2. The van der Waals surface area contributed by atoms with Crippen LogP contribution in [0.1, 0.15) is 18.4 Å². The largest absolute Gasteiger partial charge is 0.471 e. The number of methoxy groups -OCH3 is 1. The molecule has 0 atom stereocenters. The second-order valence-electron chi connectivity index (χ2n) is 6.49. The van der Waals surface area contributed by atoms with Gasteiger partial charge in [-0.3, -0.25) is 9.69 Å². The average Bonchev–Trinajstić information content (AvgIpc) is 3.20. The normalized spacial score (nSPS) is 15.5. The van der Waals surface area contributed by atoms with Gasteiger partial charge in [-0.2, -0.15) is 13.2 Å². The molecule has 2 rings (SSSR count). The zero-order chi connectivity index (χ0) is 22.5. The number of anilines is 1. The first-order valence-corrected chi connectivity index (χ1v) is 11.3. The number of sulfonamides is 1. The van der Waals surface area contributed by atoms with Crippen molar-refractivity contribution in [2.24, 2.45) is 0 Å². The van der Waals surface area contributed by atoms with Crippen LogP contribution >= 0.6 is 15.9 Å². The van der Waals surface area contributed by atoms with Gasteiger partial charge in [-0.25, -0.2) is 17.5 Å². The van der Waals surface area contributed by atoms with Gasteiger partial charge >= 0.3 is 18.1 Å². The zero-order valence-electron chi connectivity index (χ0n) is 16.0. The van der Waals surface area contributed by atoms with Crippen LogP contribution in [-0.4, -0.2) is 57.5 Å². The van der Waals surface area contributed by atoms with Crippen molar-refractivity contribution in [1.29, 1.82) is 0 Å². The van der Waals surface area contributed by atoms with Gasteiger partial charge < -0.3 is 4.74 Å². The fourth-order valence-corrected chi connectivity index (χ4v) is 5.13. The molecule has 1 amide bonds. The van der Waals surface area contributed by atoms with Crippen LogP contribution in [0.5, 0.6) is 0 Å². The number of alkyl halides is 3. The van der Waals surface area contributed by atoms with E-state index in [2.05, 4.69) is 20.7 Å². The van der Waals surface area contributed by atoms with E-state index < -0.39 is 34.6 Å². The van der Waals surface area contributed by atoms with Crippen LogP contribution in [0.4, 0.5) is 18.9 Å². The number of esters is 1. The maximum absolute atomic E-state index is 13.0. The summed E-state index contributed by atoms with van der Waals surface area (Å²) in [6.45, 7) is 0.349. The Morgan fingerprint density at radius 1 is 1.27 bits per heavy atom. The predicted octanol–water partition coefficient (Wildman–Crippen LogP) is 3.00. The first-order valence-electron chi connectivity index (χ1n) is 8.85. The minimum atomic E-state index is -5.14. The highest BCUT2D eigenvalue weighted by atomic mass is 79.9. The molecule has 0 saturated carbocycles. The van der Waals surface area contributed by atoms with Crippen LogP contribution in [-0.2, 0) is 30.1 Å². The summed E-state index contributed by atoms with van der Waals surface area (Å²) < 4.78 is 69.9. The summed E-state index contributed by atoms with van der Waals surface area (Å²) in [4.78, 5) is 23.5. The maximum Gasteiger partial charge on any atom is 0.471 e. The molecular formula is C18H20BrF3N2O5S. The molecular weight excluding hydrogens is 493 g/mol. The Hall–Kier alpha value is -1.92. The molecule has 0 spiro atoms. The predicted molar refractivity (Wildman–Crippen MR) is 107 cm³/mol. The van der Waals surface area contributed by atoms with E-state index in [-0.39, 0.29) is 15.9 Å². The van der Waals surface area contributed by atoms with Gasteiger partial charge in [0.05, 0.1) is 18.6 Å². The van der Waals surface area contributed by atoms with Crippen LogP contribution in [0.15, 0.2) is 34.8 Å². The number of carbonyl (C=O) groups is 2. The van der Waals surface area contributed by atoms with Gasteiger partial charge in [-0.1, -0.05) is 12.1 Å². The van der Waals surface area contributed by atoms with Crippen molar-refractivity contribution in [2.75, 3.05) is 31.6 Å². The third kappa shape index (κ3) is 6.29. The fourth-order valence-electron chi connectivity index (χ4n) is 2.89. The van der Waals surface area contributed by atoms with Crippen molar-refractivity contribution >= 4 is 43.5 Å². The number of benzene rings is 1. The molecule has 0 N–H and O–H groups in total. The van der Waals surface area contributed by atoms with Crippen LogP contribution in [0, 0.1) is 0 Å². The molecule has 0 unspecified atom stereocenters. The summed E-state index contributed by atoms with van der Waals surface area (Å²) >= 11 is 3.12. The number of hydrogen-bond acceptors (Lipinski definition) is 5. The summed E-state index contributed by atoms with van der Waals surface area (Å²) in [5, 5.41) is 0. The van der Waals surface area contributed by atoms with Gasteiger partial charge in [0, 0.05) is 30.2 Å². The van der Waals surface area contributed by atoms with Gasteiger partial charge in [0.1, 0.15) is 0 Å². The third-order valence-electron chi connectivity index (χ3n) is 4.34. The fraction of sp³-hybridized carbons (Fsp3) is 0.444. The summed E-state index contributed by atoms with van der Waals surface area (Å²) in [6, 6.07) is 3.95. The van der Waals surface area contributed by atoms with Crippen molar-refractivity contribution < 1.29 is 35.9 Å². The molecule has 166 valence electrons. The molecule has 1 heterocycles. The molecule has 0 aliphatic carbocycles. The molecule has 30 heavy (non-hydrogen) atoms. The van der Waals surface area contributed by atoms with E-state index in [1.54, 1.807) is 0 Å². The first kappa shape index (κ1) is 24.4. The second kappa shape index (κ2) is 9.92. The van der Waals surface area contributed by atoms with Crippen molar-refractivity contribution in [2.45, 2.75) is 24.8 Å². The standard InChI is InChI=1S/C18H20BrF3N2O5S/c1-29-16(25)5-4-10-24(17(26)18(20,21)22)15-7-6-13(11-14(15)19)12-30(27,28)23-8-2-3-9-23/h4-7,11H,2-3,8-10,12H2,1H3/b5-4+. The molecule has 1 aromatic rings. The lowest BCUT2D eigenvalue weighted by atomic mass is 10.2. The Kier molecular flexibility index (Phi) is 8.06. The quantitative estimate of drug-likeness (QED) is 0.414. The van der Waals surface area contributed by atoms with E-state index in [1.807, 2.05) is 0 Å². The summed E-state index contributed by atoms with van der Waals surface area (Å²) in [6.07, 6.45) is -1.60. The van der Waals surface area contributed by atoms with Crippen molar-refractivity contribution in [3.05, 3.63) is 40.4 Å². The van der Waals surface area contributed by atoms with Crippen LogP contribution < -0.4 is 4.90 Å². The highest BCUT2D eigenvalue weighted by Crippen LogP contribution is 2.32. The van der Waals surface area contributed by atoms with Gasteiger partial charge in [0.15, 0.2) is 0 Å². The Bertz CT molecular complexity index is 928. The molecule has 12 heteroatoms.